The zero-order valence-corrected chi connectivity index (χ0v) is 10.9. The smallest absolute Gasteiger partial charge is 0.316 e. The van der Waals surface area contributed by atoms with E-state index in [4.69, 9.17) is 9.84 Å². The molecule has 0 amide bonds. The van der Waals surface area contributed by atoms with Gasteiger partial charge in [0.15, 0.2) is 0 Å². The normalized spacial score (nSPS) is 12.4. The summed E-state index contributed by atoms with van der Waals surface area (Å²) in [5.41, 5.74) is 0. The molecule has 0 saturated heterocycles. The average Bonchev–Trinajstić information content (AvgIpc) is 2.29. The van der Waals surface area contributed by atoms with E-state index in [0.29, 0.717) is 12.4 Å². The summed E-state index contributed by atoms with van der Waals surface area (Å²) < 4.78 is 5.50. The molecule has 0 bridgehead atoms. The van der Waals surface area contributed by atoms with Crippen LogP contribution in [0.1, 0.15) is 13.8 Å². The molecule has 0 aliphatic rings. The van der Waals surface area contributed by atoms with Crippen molar-refractivity contribution in [3.05, 3.63) is 30.3 Å². The van der Waals surface area contributed by atoms with Crippen LogP contribution < -0.4 is 4.74 Å². The molecule has 1 unspecified atom stereocenters. The molecule has 0 aliphatic carbocycles. The number of para-hydroxylation sites is 1. The molecular formula is C13H18O3S. The third-order valence-corrected chi connectivity index (χ3v) is 3.75. The monoisotopic (exact) mass is 254 g/mol. The van der Waals surface area contributed by atoms with E-state index in [1.54, 1.807) is 0 Å². The minimum absolute atomic E-state index is 0.134. The lowest BCUT2D eigenvalue weighted by atomic mass is 10.1. The molecule has 3 nitrogen and oxygen atoms in total. The minimum atomic E-state index is -0.746. The fraction of sp³-hybridized carbons (Fsp3) is 0.462. The van der Waals surface area contributed by atoms with Gasteiger partial charge in [-0.15, -0.1) is 11.8 Å². The Labute approximate surface area is 106 Å². The Kier molecular flexibility index (Phi) is 5.91. The molecule has 0 heterocycles. The first-order valence-corrected chi connectivity index (χ1v) is 6.68. The van der Waals surface area contributed by atoms with Gasteiger partial charge in [-0.1, -0.05) is 32.0 Å². The van der Waals surface area contributed by atoms with E-state index < -0.39 is 5.97 Å². The number of aliphatic carboxylic acids is 1. The van der Waals surface area contributed by atoms with Crippen LogP contribution >= 0.6 is 11.8 Å². The van der Waals surface area contributed by atoms with Gasteiger partial charge in [0.25, 0.3) is 0 Å². The maximum atomic E-state index is 10.9. The molecule has 0 aromatic heterocycles. The summed E-state index contributed by atoms with van der Waals surface area (Å²) in [6.45, 7) is 4.37. The van der Waals surface area contributed by atoms with Crippen LogP contribution in [0.3, 0.4) is 0 Å². The Morgan fingerprint density at radius 3 is 2.53 bits per heavy atom. The second kappa shape index (κ2) is 7.22. The Morgan fingerprint density at radius 2 is 2.00 bits per heavy atom. The molecule has 0 saturated carbocycles. The van der Waals surface area contributed by atoms with Gasteiger partial charge in [0.1, 0.15) is 11.0 Å². The van der Waals surface area contributed by atoms with Crippen LogP contribution in [0.15, 0.2) is 30.3 Å². The lowest BCUT2D eigenvalue weighted by molar-refractivity contribution is -0.137. The number of benzene rings is 1. The summed E-state index contributed by atoms with van der Waals surface area (Å²) in [4.78, 5) is 10.9. The maximum Gasteiger partial charge on any atom is 0.316 e. The van der Waals surface area contributed by atoms with Crippen LogP contribution in [-0.4, -0.2) is 28.7 Å². The van der Waals surface area contributed by atoms with E-state index in [2.05, 4.69) is 0 Å². The van der Waals surface area contributed by atoms with Crippen molar-refractivity contribution in [2.45, 2.75) is 19.1 Å². The quantitative estimate of drug-likeness (QED) is 0.760. The number of carboxylic acids is 1. The van der Waals surface area contributed by atoms with Crippen LogP contribution in [0.25, 0.3) is 0 Å². The second-order valence-corrected chi connectivity index (χ2v) is 5.28. The molecule has 1 atom stereocenters. The van der Waals surface area contributed by atoms with E-state index in [0.717, 1.165) is 5.75 Å². The zero-order valence-electron chi connectivity index (χ0n) is 10.1. The van der Waals surface area contributed by atoms with Gasteiger partial charge in [0, 0.05) is 5.75 Å². The first-order chi connectivity index (χ1) is 8.11. The lowest BCUT2D eigenvalue weighted by Crippen LogP contribution is -2.23. The second-order valence-electron chi connectivity index (χ2n) is 4.04. The number of ether oxygens (including phenoxy) is 1. The minimum Gasteiger partial charge on any atom is -0.493 e. The van der Waals surface area contributed by atoms with Gasteiger partial charge in [-0.3, -0.25) is 4.79 Å². The van der Waals surface area contributed by atoms with Crippen molar-refractivity contribution in [3.63, 3.8) is 0 Å². The topological polar surface area (TPSA) is 46.5 Å². The predicted molar refractivity (Wildman–Crippen MR) is 70.7 cm³/mol. The first-order valence-electron chi connectivity index (χ1n) is 5.63. The molecule has 1 aromatic carbocycles. The van der Waals surface area contributed by atoms with Crippen molar-refractivity contribution >= 4 is 17.7 Å². The van der Waals surface area contributed by atoms with Crippen molar-refractivity contribution in [2.75, 3.05) is 12.4 Å². The van der Waals surface area contributed by atoms with E-state index >= 15 is 0 Å². The Hall–Kier alpha value is -1.16. The molecule has 0 spiro atoms. The standard InChI is InChI=1S/C13H18O3S/c1-10(2)12(13(14)15)17-9-8-16-11-6-4-3-5-7-11/h3-7,10,12H,8-9H2,1-2H3,(H,14,15). The van der Waals surface area contributed by atoms with Gasteiger partial charge in [-0.25, -0.2) is 0 Å². The third kappa shape index (κ3) is 5.13. The summed E-state index contributed by atoms with van der Waals surface area (Å²) in [5.74, 6) is 0.896. The van der Waals surface area contributed by atoms with Gasteiger partial charge in [-0.05, 0) is 18.1 Å². The summed E-state index contributed by atoms with van der Waals surface area (Å²) in [6.07, 6.45) is 0. The molecule has 1 aromatic rings. The molecule has 94 valence electrons. The molecule has 1 N–H and O–H groups in total. The first kappa shape index (κ1) is 13.9. The van der Waals surface area contributed by atoms with Gasteiger partial charge >= 0.3 is 5.97 Å². The Bertz CT molecular complexity index is 338. The lowest BCUT2D eigenvalue weighted by Gasteiger charge is -2.15. The van der Waals surface area contributed by atoms with Gasteiger partial charge in [0.2, 0.25) is 0 Å². The van der Waals surface area contributed by atoms with Crippen molar-refractivity contribution in [1.82, 2.24) is 0 Å². The summed E-state index contributed by atoms with van der Waals surface area (Å²) in [7, 11) is 0. The Morgan fingerprint density at radius 1 is 1.35 bits per heavy atom. The van der Waals surface area contributed by atoms with Gasteiger partial charge < -0.3 is 9.84 Å². The largest absolute Gasteiger partial charge is 0.493 e. The van der Waals surface area contributed by atoms with Crippen LogP contribution in [0.5, 0.6) is 5.75 Å². The molecule has 0 aliphatic heterocycles. The maximum absolute atomic E-state index is 10.9. The highest BCUT2D eigenvalue weighted by molar-refractivity contribution is 8.00. The number of thioether (sulfide) groups is 1. The van der Waals surface area contributed by atoms with E-state index in [-0.39, 0.29) is 11.2 Å². The van der Waals surface area contributed by atoms with Gasteiger partial charge in [-0.2, -0.15) is 0 Å². The molecule has 4 heteroatoms. The number of hydrogen-bond acceptors (Lipinski definition) is 3. The highest BCUT2D eigenvalue weighted by Gasteiger charge is 2.21. The fourth-order valence-electron chi connectivity index (χ4n) is 1.40. The summed E-state index contributed by atoms with van der Waals surface area (Å²) in [5, 5.41) is 8.65. The van der Waals surface area contributed by atoms with Gasteiger partial charge in [0.05, 0.1) is 6.61 Å². The van der Waals surface area contributed by atoms with Crippen molar-refractivity contribution in [3.8, 4) is 5.75 Å². The number of hydrogen-bond donors (Lipinski definition) is 1. The molecule has 0 fully saturated rings. The molecule has 17 heavy (non-hydrogen) atoms. The summed E-state index contributed by atoms with van der Waals surface area (Å²) >= 11 is 1.43. The molecule has 0 radical (unpaired) electrons. The molecule has 1 rings (SSSR count). The highest BCUT2D eigenvalue weighted by Crippen LogP contribution is 2.20. The van der Waals surface area contributed by atoms with E-state index in [1.165, 1.54) is 11.8 Å². The average molecular weight is 254 g/mol. The van der Waals surface area contributed by atoms with Crippen molar-refractivity contribution < 1.29 is 14.6 Å². The molecular weight excluding hydrogens is 236 g/mol. The predicted octanol–water partition coefficient (Wildman–Crippen LogP) is 2.91. The Balaban J connectivity index is 2.26. The van der Waals surface area contributed by atoms with Crippen molar-refractivity contribution in [1.29, 1.82) is 0 Å². The third-order valence-electron chi connectivity index (χ3n) is 2.24. The van der Waals surface area contributed by atoms with Crippen LogP contribution in [0, 0.1) is 5.92 Å². The summed E-state index contributed by atoms with van der Waals surface area (Å²) in [6, 6.07) is 9.54. The van der Waals surface area contributed by atoms with E-state index in [1.807, 2.05) is 44.2 Å². The number of rotatable bonds is 7. The number of carboxylic acid groups (broad SMARTS) is 1. The zero-order chi connectivity index (χ0) is 12.7. The van der Waals surface area contributed by atoms with Crippen molar-refractivity contribution in [2.24, 2.45) is 5.92 Å². The van der Waals surface area contributed by atoms with E-state index in [9.17, 15) is 4.79 Å². The van der Waals surface area contributed by atoms with Crippen LogP contribution in [0.4, 0.5) is 0 Å². The number of carbonyl (C=O) groups is 1. The highest BCUT2D eigenvalue weighted by atomic mass is 32.2. The SMILES string of the molecule is CC(C)C(SCCOc1ccccc1)C(=O)O. The fourth-order valence-corrected chi connectivity index (χ4v) is 2.36. The van der Waals surface area contributed by atoms with Crippen LogP contribution in [-0.2, 0) is 4.79 Å². The van der Waals surface area contributed by atoms with Crippen LogP contribution in [0.2, 0.25) is 0 Å².